The van der Waals surface area contributed by atoms with Crippen LogP contribution in [0.3, 0.4) is 0 Å². The lowest BCUT2D eigenvalue weighted by Crippen LogP contribution is -2.48. The normalized spacial score (nSPS) is 23.5. The van der Waals surface area contributed by atoms with Gasteiger partial charge in [-0.15, -0.1) is 0 Å². The highest BCUT2D eigenvalue weighted by Crippen LogP contribution is 2.33. The van der Waals surface area contributed by atoms with E-state index in [9.17, 15) is 8.42 Å². The summed E-state index contributed by atoms with van der Waals surface area (Å²) in [5.41, 5.74) is 2.33. The Kier molecular flexibility index (Phi) is 4.84. The van der Waals surface area contributed by atoms with Crippen molar-refractivity contribution in [3.05, 3.63) is 22.8 Å². The van der Waals surface area contributed by atoms with Gasteiger partial charge in [-0.1, -0.05) is 0 Å². The van der Waals surface area contributed by atoms with Gasteiger partial charge in [0.15, 0.2) is 0 Å². The molecule has 0 spiro atoms. The molecule has 1 aliphatic heterocycles. The van der Waals surface area contributed by atoms with E-state index in [0.717, 1.165) is 16.9 Å². The molecular formula is C16H25NO4S. The van der Waals surface area contributed by atoms with Crippen LogP contribution >= 0.6 is 0 Å². The molecule has 1 aromatic carbocycles. The molecule has 0 aromatic heterocycles. The molecular weight excluding hydrogens is 302 g/mol. The van der Waals surface area contributed by atoms with Gasteiger partial charge < -0.3 is 9.47 Å². The second-order valence-corrected chi connectivity index (χ2v) is 7.93. The van der Waals surface area contributed by atoms with Gasteiger partial charge in [-0.05, 0) is 57.4 Å². The minimum Gasteiger partial charge on any atom is -0.496 e. The third-order valence-corrected chi connectivity index (χ3v) is 6.30. The van der Waals surface area contributed by atoms with E-state index in [1.165, 1.54) is 4.31 Å². The summed E-state index contributed by atoms with van der Waals surface area (Å²) in [5, 5.41) is 0. The molecule has 2 unspecified atom stereocenters. The van der Waals surface area contributed by atoms with Gasteiger partial charge >= 0.3 is 0 Å². The zero-order chi connectivity index (χ0) is 16.7. The first-order valence-corrected chi connectivity index (χ1v) is 8.92. The Hall–Kier alpha value is -1.11. The van der Waals surface area contributed by atoms with E-state index < -0.39 is 10.0 Å². The lowest BCUT2D eigenvalue weighted by molar-refractivity contribution is -0.0441. The Labute approximate surface area is 133 Å². The zero-order valence-electron chi connectivity index (χ0n) is 14.1. The zero-order valence-corrected chi connectivity index (χ0v) is 15.0. The number of morpholine rings is 1. The molecule has 1 aliphatic rings. The first-order valence-electron chi connectivity index (χ1n) is 7.48. The number of sulfonamides is 1. The molecule has 22 heavy (non-hydrogen) atoms. The number of benzene rings is 1. The van der Waals surface area contributed by atoms with E-state index in [1.54, 1.807) is 13.2 Å². The van der Waals surface area contributed by atoms with Crippen molar-refractivity contribution in [3.8, 4) is 5.75 Å². The van der Waals surface area contributed by atoms with Gasteiger partial charge in [0.2, 0.25) is 10.0 Å². The quantitative estimate of drug-likeness (QED) is 0.855. The van der Waals surface area contributed by atoms with Crippen molar-refractivity contribution in [2.45, 2.75) is 51.7 Å². The maximum atomic E-state index is 13.1. The van der Waals surface area contributed by atoms with Gasteiger partial charge in [-0.2, -0.15) is 4.31 Å². The minimum atomic E-state index is -3.54. The van der Waals surface area contributed by atoms with Gasteiger partial charge in [-0.3, -0.25) is 0 Å². The summed E-state index contributed by atoms with van der Waals surface area (Å²) >= 11 is 0. The summed E-state index contributed by atoms with van der Waals surface area (Å²) in [6.07, 6.45) is -0.197. The Bertz CT molecular complexity index is 659. The number of nitrogens with zero attached hydrogens (tertiary/aromatic N) is 1. The Morgan fingerprint density at radius 2 is 1.68 bits per heavy atom. The smallest absolute Gasteiger partial charge is 0.243 e. The summed E-state index contributed by atoms with van der Waals surface area (Å²) in [5.74, 6) is 0.720. The number of hydrogen-bond acceptors (Lipinski definition) is 4. The van der Waals surface area contributed by atoms with E-state index in [1.807, 2.05) is 34.6 Å². The highest BCUT2D eigenvalue weighted by molar-refractivity contribution is 7.89. The fourth-order valence-electron chi connectivity index (χ4n) is 3.09. The molecule has 1 fully saturated rings. The second-order valence-electron chi connectivity index (χ2n) is 6.05. The van der Waals surface area contributed by atoms with Crippen molar-refractivity contribution in [3.63, 3.8) is 0 Å². The van der Waals surface area contributed by atoms with Gasteiger partial charge in [0.1, 0.15) is 5.75 Å². The lowest BCUT2D eigenvalue weighted by Gasteiger charge is -2.35. The third kappa shape index (κ3) is 3.00. The average molecular weight is 327 g/mol. The summed E-state index contributed by atoms with van der Waals surface area (Å²) in [6, 6.07) is 1.79. The molecule has 124 valence electrons. The van der Waals surface area contributed by atoms with Crippen LogP contribution in [0.5, 0.6) is 5.75 Å². The van der Waals surface area contributed by atoms with Crippen LogP contribution in [0.4, 0.5) is 0 Å². The van der Waals surface area contributed by atoms with E-state index in [-0.39, 0.29) is 12.2 Å². The van der Waals surface area contributed by atoms with E-state index in [0.29, 0.717) is 23.5 Å². The largest absolute Gasteiger partial charge is 0.496 e. The summed E-state index contributed by atoms with van der Waals surface area (Å²) < 4.78 is 38.7. The maximum Gasteiger partial charge on any atom is 0.243 e. The standard InChI is InChI=1S/C16H25NO4S/c1-10-7-15(20-6)13(4)14(5)16(10)22(18,19)17-8-11(2)21-12(3)9-17/h7,11-12H,8-9H2,1-6H3. The number of rotatable bonds is 3. The van der Waals surface area contributed by atoms with Crippen molar-refractivity contribution in [1.82, 2.24) is 4.31 Å². The van der Waals surface area contributed by atoms with Gasteiger partial charge in [0.25, 0.3) is 0 Å². The van der Waals surface area contributed by atoms with Crippen LogP contribution in [0.25, 0.3) is 0 Å². The Balaban J connectivity index is 2.52. The van der Waals surface area contributed by atoms with Crippen LogP contribution in [0.15, 0.2) is 11.0 Å². The Morgan fingerprint density at radius 1 is 1.14 bits per heavy atom. The van der Waals surface area contributed by atoms with Crippen LogP contribution in [-0.2, 0) is 14.8 Å². The van der Waals surface area contributed by atoms with Gasteiger partial charge in [0, 0.05) is 13.1 Å². The predicted octanol–water partition coefficient (Wildman–Crippen LogP) is 2.42. The molecule has 1 heterocycles. The third-order valence-electron chi connectivity index (χ3n) is 4.18. The molecule has 1 aromatic rings. The molecule has 0 aliphatic carbocycles. The highest BCUT2D eigenvalue weighted by Gasteiger charge is 2.34. The fourth-order valence-corrected chi connectivity index (χ4v) is 5.16. The monoisotopic (exact) mass is 327 g/mol. The van der Waals surface area contributed by atoms with Crippen molar-refractivity contribution in [2.75, 3.05) is 20.2 Å². The second kappa shape index (κ2) is 6.18. The van der Waals surface area contributed by atoms with Crippen LogP contribution in [0.2, 0.25) is 0 Å². The fraction of sp³-hybridized carbons (Fsp3) is 0.625. The lowest BCUT2D eigenvalue weighted by atomic mass is 10.1. The predicted molar refractivity (Wildman–Crippen MR) is 86.0 cm³/mol. The summed E-state index contributed by atoms with van der Waals surface area (Å²) in [7, 11) is -1.94. The molecule has 0 bridgehead atoms. The van der Waals surface area contributed by atoms with Crippen molar-refractivity contribution >= 4 is 10.0 Å². The highest BCUT2D eigenvalue weighted by atomic mass is 32.2. The van der Waals surface area contributed by atoms with Gasteiger partial charge in [0.05, 0.1) is 24.2 Å². The summed E-state index contributed by atoms with van der Waals surface area (Å²) in [4.78, 5) is 0.395. The molecule has 0 amide bonds. The van der Waals surface area contributed by atoms with E-state index >= 15 is 0 Å². The molecule has 0 saturated carbocycles. The molecule has 6 heteroatoms. The first-order chi connectivity index (χ1) is 10.2. The summed E-state index contributed by atoms with van der Waals surface area (Å²) in [6.45, 7) is 10.1. The van der Waals surface area contributed by atoms with Gasteiger partial charge in [-0.25, -0.2) is 8.42 Å². The van der Waals surface area contributed by atoms with Crippen LogP contribution in [-0.4, -0.2) is 45.1 Å². The van der Waals surface area contributed by atoms with Crippen LogP contribution in [0.1, 0.15) is 30.5 Å². The molecule has 0 N–H and O–H groups in total. The van der Waals surface area contributed by atoms with Crippen molar-refractivity contribution < 1.29 is 17.9 Å². The molecule has 5 nitrogen and oxygen atoms in total. The average Bonchev–Trinajstić information content (AvgIpc) is 2.41. The SMILES string of the molecule is COc1cc(C)c(S(=O)(=O)N2CC(C)OC(C)C2)c(C)c1C. The molecule has 0 radical (unpaired) electrons. The topological polar surface area (TPSA) is 55.8 Å². The van der Waals surface area contributed by atoms with Crippen molar-refractivity contribution in [2.24, 2.45) is 0 Å². The maximum absolute atomic E-state index is 13.1. The van der Waals surface area contributed by atoms with Crippen LogP contribution in [0, 0.1) is 20.8 Å². The van der Waals surface area contributed by atoms with Crippen molar-refractivity contribution in [1.29, 1.82) is 0 Å². The first kappa shape index (κ1) is 17.2. The number of aryl methyl sites for hydroxylation is 1. The number of methoxy groups -OCH3 is 1. The van der Waals surface area contributed by atoms with E-state index in [4.69, 9.17) is 9.47 Å². The van der Waals surface area contributed by atoms with E-state index in [2.05, 4.69) is 0 Å². The molecule has 1 saturated heterocycles. The van der Waals surface area contributed by atoms with Crippen LogP contribution < -0.4 is 4.74 Å². The molecule has 2 atom stereocenters. The number of hydrogen-bond donors (Lipinski definition) is 0. The molecule has 2 rings (SSSR count). The Morgan fingerprint density at radius 3 is 2.18 bits per heavy atom. The minimum absolute atomic E-state index is 0.0986. The number of ether oxygens (including phenoxy) is 2.